The summed E-state index contributed by atoms with van der Waals surface area (Å²) >= 11 is 0. The van der Waals surface area contributed by atoms with Crippen LogP contribution in [0.2, 0.25) is 0 Å². The molecule has 2 fully saturated rings. The number of nitrogens with two attached hydrogens (primary N) is 1. The summed E-state index contributed by atoms with van der Waals surface area (Å²) in [5.41, 5.74) is 5.30. The number of carbonyl (C=O) groups is 1. The van der Waals surface area contributed by atoms with Gasteiger partial charge in [-0.15, -0.1) is 0 Å². The van der Waals surface area contributed by atoms with Gasteiger partial charge in [0.1, 0.15) is 5.60 Å². The minimum absolute atomic E-state index is 0.158. The maximum Gasteiger partial charge on any atom is 0.410 e. The molecular formula is C15H29N3O2. The second kappa shape index (κ2) is 6.31. The lowest BCUT2D eigenvalue weighted by molar-refractivity contribution is 0.0219. The molecule has 1 aliphatic carbocycles. The molecular weight excluding hydrogens is 254 g/mol. The summed E-state index contributed by atoms with van der Waals surface area (Å²) in [6, 6.07) is 0.401. The number of carbonyl (C=O) groups excluding carboxylic acids is 1. The maximum absolute atomic E-state index is 12.2. The monoisotopic (exact) mass is 283 g/mol. The van der Waals surface area contributed by atoms with Gasteiger partial charge >= 0.3 is 6.09 Å². The Labute approximate surface area is 122 Å². The smallest absolute Gasteiger partial charge is 0.410 e. The van der Waals surface area contributed by atoms with Crippen LogP contribution in [0.5, 0.6) is 0 Å². The quantitative estimate of drug-likeness (QED) is 0.834. The van der Waals surface area contributed by atoms with Crippen LogP contribution in [-0.4, -0.2) is 60.3 Å². The molecule has 1 unspecified atom stereocenters. The average Bonchev–Trinajstić information content (AvgIpc) is 3.05. The third kappa shape index (κ3) is 4.63. The molecule has 1 heterocycles. The highest BCUT2D eigenvalue weighted by atomic mass is 16.6. The van der Waals surface area contributed by atoms with Crippen molar-refractivity contribution >= 4 is 6.09 Å². The van der Waals surface area contributed by atoms with Gasteiger partial charge in [0.25, 0.3) is 0 Å². The highest BCUT2D eigenvalue weighted by molar-refractivity contribution is 5.69. The molecule has 0 bridgehead atoms. The van der Waals surface area contributed by atoms with E-state index in [1.807, 2.05) is 25.7 Å². The topological polar surface area (TPSA) is 58.8 Å². The molecule has 0 aromatic heterocycles. The zero-order valence-corrected chi connectivity index (χ0v) is 13.1. The standard InChI is InChI=1S/C15H29N3O2/c1-15(2,3)20-14(19)18(13-4-5-13)9-8-17-7-6-12(10-16)11-17/h12-13H,4-11,16H2,1-3H3. The van der Waals surface area contributed by atoms with E-state index in [4.69, 9.17) is 10.5 Å². The van der Waals surface area contributed by atoms with Gasteiger partial charge in [-0.2, -0.15) is 0 Å². The first kappa shape index (κ1) is 15.6. The second-order valence-electron chi connectivity index (χ2n) is 7.10. The van der Waals surface area contributed by atoms with Crippen LogP contribution in [0.25, 0.3) is 0 Å². The van der Waals surface area contributed by atoms with Crippen LogP contribution in [0.4, 0.5) is 4.79 Å². The van der Waals surface area contributed by atoms with Crippen molar-refractivity contribution in [1.29, 1.82) is 0 Å². The van der Waals surface area contributed by atoms with Crippen LogP contribution in [-0.2, 0) is 4.74 Å². The molecule has 0 aromatic carbocycles. The SMILES string of the molecule is CC(C)(C)OC(=O)N(CCN1CCC(CN)C1)C1CC1. The molecule has 116 valence electrons. The van der Waals surface area contributed by atoms with Crippen LogP contribution in [0.15, 0.2) is 0 Å². The predicted molar refractivity (Wildman–Crippen MR) is 79.6 cm³/mol. The van der Waals surface area contributed by atoms with E-state index < -0.39 is 5.60 Å². The molecule has 1 amide bonds. The summed E-state index contributed by atoms with van der Waals surface area (Å²) in [4.78, 5) is 16.6. The maximum atomic E-state index is 12.2. The summed E-state index contributed by atoms with van der Waals surface area (Å²) in [6.07, 6.45) is 3.26. The molecule has 0 radical (unpaired) electrons. The van der Waals surface area contributed by atoms with Gasteiger partial charge in [0.15, 0.2) is 0 Å². The van der Waals surface area contributed by atoms with Gasteiger partial charge in [0.2, 0.25) is 0 Å². The summed E-state index contributed by atoms with van der Waals surface area (Å²) in [6.45, 7) is 10.4. The zero-order chi connectivity index (χ0) is 14.8. The van der Waals surface area contributed by atoms with Crippen LogP contribution in [0.3, 0.4) is 0 Å². The number of hydrogen-bond acceptors (Lipinski definition) is 4. The largest absolute Gasteiger partial charge is 0.444 e. The fourth-order valence-electron chi connectivity index (χ4n) is 2.69. The molecule has 1 atom stereocenters. The second-order valence-corrected chi connectivity index (χ2v) is 7.10. The third-order valence-corrected chi connectivity index (χ3v) is 3.98. The van der Waals surface area contributed by atoms with Crippen molar-refractivity contribution in [3.8, 4) is 0 Å². The van der Waals surface area contributed by atoms with Crippen molar-refractivity contribution in [3.05, 3.63) is 0 Å². The minimum Gasteiger partial charge on any atom is -0.444 e. The molecule has 20 heavy (non-hydrogen) atoms. The Morgan fingerprint density at radius 3 is 2.55 bits per heavy atom. The number of likely N-dealkylation sites (tertiary alicyclic amines) is 1. The van der Waals surface area contributed by atoms with Gasteiger partial charge in [-0.1, -0.05) is 0 Å². The van der Waals surface area contributed by atoms with Crippen molar-refractivity contribution in [2.45, 2.75) is 51.7 Å². The summed E-state index contributed by atoms with van der Waals surface area (Å²) < 4.78 is 5.51. The average molecular weight is 283 g/mol. The zero-order valence-electron chi connectivity index (χ0n) is 13.1. The van der Waals surface area contributed by atoms with Crippen molar-refractivity contribution in [3.63, 3.8) is 0 Å². The molecule has 2 N–H and O–H groups in total. The molecule has 0 aromatic rings. The Morgan fingerprint density at radius 1 is 1.35 bits per heavy atom. The molecule has 1 saturated heterocycles. The van der Waals surface area contributed by atoms with Crippen LogP contribution in [0.1, 0.15) is 40.0 Å². The summed E-state index contributed by atoms with van der Waals surface area (Å²) in [5.74, 6) is 0.630. The number of nitrogens with zero attached hydrogens (tertiary/aromatic N) is 2. The summed E-state index contributed by atoms with van der Waals surface area (Å²) in [5, 5.41) is 0. The lowest BCUT2D eigenvalue weighted by Crippen LogP contribution is -2.42. The van der Waals surface area contributed by atoms with E-state index in [-0.39, 0.29) is 6.09 Å². The first-order valence-corrected chi connectivity index (χ1v) is 7.81. The van der Waals surface area contributed by atoms with Gasteiger partial charge in [0.05, 0.1) is 0 Å². The third-order valence-electron chi connectivity index (χ3n) is 3.98. The summed E-state index contributed by atoms with van der Waals surface area (Å²) in [7, 11) is 0. The Balaban J connectivity index is 1.79. The van der Waals surface area contributed by atoms with E-state index >= 15 is 0 Å². The molecule has 2 aliphatic rings. The van der Waals surface area contributed by atoms with Gasteiger partial charge < -0.3 is 20.3 Å². The van der Waals surface area contributed by atoms with E-state index in [1.165, 1.54) is 6.42 Å². The van der Waals surface area contributed by atoms with E-state index in [2.05, 4.69) is 4.90 Å². The van der Waals surface area contributed by atoms with Crippen LogP contribution < -0.4 is 5.73 Å². The van der Waals surface area contributed by atoms with E-state index in [9.17, 15) is 4.79 Å². The first-order chi connectivity index (χ1) is 9.39. The predicted octanol–water partition coefficient (Wildman–Crippen LogP) is 1.67. The molecule has 0 spiro atoms. The lowest BCUT2D eigenvalue weighted by atomic mass is 10.1. The Kier molecular flexibility index (Phi) is 4.91. The van der Waals surface area contributed by atoms with Crippen molar-refractivity contribution in [2.24, 2.45) is 11.7 Å². The van der Waals surface area contributed by atoms with Gasteiger partial charge in [-0.3, -0.25) is 0 Å². The number of amides is 1. The Hall–Kier alpha value is -0.810. The fourth-order valence-corrected chi connectivity index (χ4v) is 2.69. The van der Waals surface area contributed by atoms with Gasteiger partial charge in [-0.25, -0.2) is 4.79 Å². The highest BCUT2D eigenvalue weighted by Gasteiger charge is 2.35. The molecule has 5 heteroatoms. The molecule has 1 saturated carbocycles. The Morgan fingerprint density at radius 2 is 2.05 bits per heavy atom. The normalized spacial score (nSPS) is 23.9. The number of hydrogen-bond donors (Lipinski definition) is 1. The fraction of sp³-hybridized carbons (Fsp3) is 0.933. The Bertz CT molecular complexity index is 337. The van der Waals surface area contributed by atoms with E-state index in [0.717, 1.165) is 45.6 Å². The van der Waals surface area contributed by atoms with E-state index in [1.54, 1.807) is 0 Å². The highest BCUT2D eigenvalue weighted by Crippen LogP contribution is 2.28. The number of rotatable bonds is 5. The number of ether oxygens (including phenoxy) is 1. The molecule has 1 aliphatic heterocycles. The van der Waals surface area contributed by atoms with Crippen molar-refractivity contribution in [1.82, 2.24) is 9.80 Å². The molecule has 5 nitrogen and oxygen atoms in total. The van der Waals surface area contributed by atoms with Crippen LogP contribution in [0, 0.1) is 5.92 Å². The van der Waals surface area contributed by atoms with E-state index in [0.29, 0.717) is 12.0 Å². The minimum atomic E-state index is -0.414. The van der Waals surface area contributed by atoms with Crippen LogP contribution >= 0.6 is 0 Å². The molecule has 2 rings (SSSR count). The van der Waals surface area contributed by atoms with Gasteiger partial charge in [-0.05, 0) is 59.0 Å². The van der Waals surface area contributed by atoms with Gasteiger partial charge in [0, 0.05) is 25.7 Å². The first-order valence-electron chi connectivity index (χ1n) is 7.81. The lowest BCUT2D eigenvalue weighted by Gasteiger charge is -2.29. The van der Waals surface area contributed by atoms with Crippen molar-refractivity contribution < 1.29 is 9.53 Å². The van der Waals surface area contributed by atoms with Crippen molar-refractivity contribution in [2.75, 3.05) is 32.7 Å².